The highest BCUT2D eigenvalue weighted by molar-refractivity contribution is 7.16. The Morgan fingerprint density at radius 3 is 2.72 bits per heavy atom. The Morgan fingerprint density at radius 1 is 1.33 bits per heavy atom. The van der Waals surface area contributed by atoms with Gasteiger partial charge in [-0.05, 0) is 23.8 Å². The smallest absolute Gasteiger partial charge is 0.147 e. The molecule has 0 aliphatic rings. The first kappa shape index (κ1) is 13.6. The minimum absolute atomic E-state index is 0.410. The maximum atomic E-state index is 6.27. The highest BCUT2D eigenvalue weighted by Crippen LogP contribution is 2.29. The Bertz CT molecular complexity index is 542. The molecule has 0 saturated carbocycles. The minimum atomic E-state index is 0.410. The van der Waals surface area contributed by atoms with Crippen LogP contribution < -0.4 is 10.6 Å². The number of anilines is 1. The van der Waals surface area contributed by atoms with Crippen LogP contribution in [0.25, 0.3) is 0 Å². The standard InChI is InChI=1S/C12H13Cl2N3S/c1-17(7-9-2-3-10(13)18-9)12-11(14)8(6-15)4-5-16-12/h2-5H,6-7,15H2,1H3. The minimum Gasteiger partial charge on any atom is -0.353 e. The van der Waals surface area contributed by atoms with Crippen molar-refractivity contribution in [2.45, 2.75) is 13.1 Å². The molecule has 0 aliphatic carbocycles. The molecule has 0 bridgehead atoms. The number of nitrogens with two attached hydrogens (primary N) is 1. The fraction of sp³-hybridized carbons (Fsp3) is 0.250. The lowest BCUT2D eigenvalue weighted by Gasteiger charge is -2.19. The van der Waals surface area contributed by atoms with Gasteiger partial charge in [0.1, 0.15) is 5.82 Å². The van der Waals surface area contributed by atoms with Gasteiger partial charge in [0.25, 0.3) is 0 Å². The zero-order valence-electron chi connectivity index (χ0n) is 9.86. The maximum Gasteiger partial charge on any atom is 0.147 e. The van der Waals surface area contributed by atoms with E-state index >= 15 is 0 Å². The molecular weight excluding hydrogens is 289 g/mol. The first-order chi connectivity index (χ1) is 8.61. The van der Waals surface area contributed by atoms with Gasteiger partial charge in [0, 0.05) is 24.7 Å². The third-order valence-corrected chi connectivity index (χ3v) is 4.18. The quantitative estimate of drug-likeness (QED) is 0.939. The van der Waals surface area contributed by atoms with E-state index in [1.165, 1.54) is 4.88 Å². The lowest BCUT2D eigenvalue weighted by Crippen LogP contribution is -2.18. The van der Waals surface area contributed by atoms with E-state index in [9.17, 15) is 0 Å². The SMILES string of the molecule is CN(Cc1ccc(Cl)s1)c1nccc(CN)c1Cl. The van der Waals surface area contributed by atoms with Crippen LogP contribution in [0, 0.1) is 0 Å². The van der Waals surface area contributed by atoms with E-state index in [-0.39, 0.29) is 0 Å². The summed E-state index contributed by atoms with van der Waals surface area (Å²) in [5, 5.41) is 0.616. The lowest BCUT2D eigenvalue weighted by molar-refractivity contribution is 0.906. The molecule has 0 aliphatic heterocycles. The lowest BCUT2D eigenvalue weighted by atomic mass is 10.2. The molecule has 0 unspecified atom stereocenters. The van der Waals surface area contributed by atoms with Gasteiger partial charge in [-0.25, -0.2) is 4.98 Å². The van der Waals surface area contributed by atoms with Crippen molar-refractivity contribution >= 4 is 40.4 Å². The largest absolute Gasteiger partial charge is 0.353 e. The molecule has 0 fully saturated rings. The average Bonchev–Trinajstić information content (AvgIpc) is 2.75. The number of hydrogen-bond donors (Lipinski definition) is 1. The van der Waals surface area contributed by atoms with Crippen LogP contribution in [-0.4, -0.2) is 12.0 Å². The van der Waals surface area contributed by atoms with E-state index in [2.05, 4.69) is 4.98 Å². The molecule has 0 saturated heterocycles. The number of pyridine rings is 1. The van der Waals surface area contributed by atoms with Crippen molar-refractivity contribution in [2.24, 2.45) is 5.73 Å². The molecule has 2 heterocycles. The first-order valence-corrected chi connectivity index (χ1v) is 6.98. The van der Waals surface area contributed by atoms with E-state index in [1.807, 2.05) is 30.1 Å². The summed E-state index contributed by atoms with van der Waals surface area (Å²) in [4.78, 5) is 7.45. The molecule has 0 radical (unpaired) electrons. The van der Waals surface area contributed by atoms with E-state index in [0.717, 1.165) is 22.3 Å². The van der Waals surface area contributed by atoms with Crippen molar-refractivity contribution in [1.29, 1.82) is 0 Å². The molecule has 0 spiro atoms. The molecule has 96 valence electrons. The Morgan fingerprint density at radius 2 is 2.11 bits per heavy atom. The number of nitrogens with zero attached hydrogens (tertiary/aromatic N) is 2. The van der Waals surface area contributed by atoms with Gasteiger partial charge in [-0.3, -0.25) is 0 Å². The molecule has 2 N–H and O–H groups in total. The summed E-state index contributed by atoms with van der Waals surface area (Å²) in [5.74, 6) is 0.740. The number of thiophene rings is 1. The highest BCUT2D eigenvalue weighted by atomic mass is 35.5. The van der Waals surface area contributed by atoms with Gasteiger partial charge in [-0.15, -0.1) is 11.3 Å². The fourth-order valence-electron chi connectivity index (χ4n) is 1.64. The monoisotopic (exact) mass is 301 g/mol. The van der Waals surface area contributed by atoms with Crippen molar-refractivity contribution < 1.29 is 0 Å². The predicted octanol–water partition coefficient (Wildman–Crippen LogP) is 3.55. The van der Waals surface area contributed by atoms with Crippen LogP contribution in [0.5, 0.6) is 0 Å². The van der Waals surface area contributed by atoms with Crippen LogP contribution >= 0.6 is 34.5 Å². The van der Waals surface area contributed by atoms with E-state index in [4.69, 9.17) is 28.9 Å². The molecule has 0 atom stereocenters. The summed E-state index contributed by atoms with van der Waals surface area (Å²) in [7, 11) is 1.95. The summed E-state index contributed by atoms with van der Waals surface area (Å²) in [6.45, 7) is 1.13. The average molecular weight is 302 g/mol. The Kier molecular flexibility index (Phi) is 4.45. The normalized spacial score (nSPS) is 10.7. The van der Waals surface area contributed by atoms with Crippen LogP contribution in [0.4, 0.5) is 5.82 Å². The van der Waals surface area contributed by atoms with Gasteiger partial charge in [-0.1, -0.05) is 23.2 Å². The van der Waals surface area contributed by atoms with Crippen LogP contribution in [0.15, 0.2) is 24.4 Å². The topological polar surface area (TPSA) is 42.2 Å². The summed E-state index contributed by atoms with van der Waals surface area (Å²) < 4.78 is 0.785. The van der Waals surface area contributed by atoms with E-state index < -0.39 is 0 Å². The Labute approximate surface area is 120 Å². The van der Waals surface area contributed by atoms with Gasteiger partial charge in [0.15, 0.2) is 0 Å². The van der Waals surface area contributed by atoms with Crippen LogP contribution in [0.3, 0.4) is 0 Å². The molecule has 2 rings (SSSR count). The van der Waals surface area contributed by atoms with Crippen molar-refractivity contribution in [3.8, 4) is 0 Å². The van der Waals surface area contributed by atoms with Gasteiger partial charge >= 0.3 is 0 Å². The molecule has 6 heteroatoms. The molecule has 0 amide bonds. The molecular formula is C12H13Cl2N3S. The van der Waals surface area contributed by atoms with Crippen LogP contribution in [0.1, 0.15) is 10.4 Å². The number of aromatic nitrogens is 1. The fourth-order valence-corrected chi connectivity index (χ4v) is 3.11. The Hall–Kier alpha value is -0.810. The number of hydrogen-bond acceptors (Lipinski definition) is 4. The van der Waals surface area contributed by atoms with Crippen molar-refractivity contribution in [3.05, 3.63) is 44.2 Å². The highest BCUT2D eigenvalue weighted by Gasteiger charge is 2.12. The summed E-state index contributed by atoms with van der Waals surface area (Å²) in [6.07, 6.45) is 1.72. The molecule has 0 aromatic carbocycles. The summed E-state index contributed by atoms with van der Waals surface area (Å²) >= 11 is 13.7. The van der Waals surface area contributed by atoms with E-state index in [1.54, 1.807) is 17.5 Å². The van der Waals surface area contributed by atoms with Crippen LogP contribution in [0.2, 0.25) is 9.36 Å². The van der Waals surface area contributed by atoms with E-state index in [0.29, 0.717) is 11.6 Å². The molecule has 2 aromatic rings. The summed E-state index contributed by atoms with van der Waals surface area (Å²) in [5.41, 5.74) is 6.53. The van der Waals surface area contributed by atoms with Crippen molar-refractivity contribution in [3.63, 3.8) is 0 Å². The molecule has 3 nitrogen and oxygen atoms in total. The second-order valence-corrected chi connectivity index (χ2v) is 6.05. The maximum absolute atomic E-state index is 6.27. The third-order valence-electron chi connectivity index (χ3n) is 2.55. The molecule has 18 heavy (non-hydrogen) atoms. The number of halogens is 2. The van der Waals surface area contributed by atoms with Crippen LogP contribution in [-0.2, 0) is 13.1 Å². The number of rotatable bonds is 4. The predicted molar refractivity (Wildman–Crippen MR) is 78.6 cm³/mol. The third kappa shape index (κ3) is 2.95. The summed E-state index contributed by atoms with van der Waals surface area (Å²) in [6, 6.07) is 5.73. The second kappa shape index (κ2) is 5.89. The Balaban J connectivity index is 2.21. The van der Waals surface area contributed by atoms with Crippen molar-refractivity contribution in [2.75, 3.05) is 11.9 Å². The zero-order chi connectivity index (χ0) is 13.1. The van der Waals surface area contributed by atoms with Gasteiger partial charge in [-0.2, -0.15) is 0 Å². The van der Waals surface area contributed by atoms with Crippen molar-refractivity contribution in [1.82, 2.24) is 4.98 Å². The van der Waals surface area contributed by atoms with Gasteiger partial charge < -0.3 is 10.6 Å². The van der Waals surface area contributed by atoms with Gasteiger partial charge in [0.2, 0.25) is 0 Å². The second-order valence-electron chi connectivity index (χ2n) is 3.87. The zero-order valence-corrected chi connectivity index (χ0v) is 12.2. The first-order valence-electron chi connectivity index (χ1n) is 5.40. The molecule has 2 aromatic heterocycles. The van der Waals surface area contributed by atoms with Gasteiger partial charge in [0.05, 0.1) is 15.9 Å².